The summed E-state index contributed by atoms with van der Waals surface area (Å²) in [7, 11) is 0. The van der Waals surface area contributed by atoms with Crippen molar-refractivity contribution in [3.8, 4) is 5.75 Å². The van der Waals surface area contributed by atoms with Crippen LogP contribution < -0.4 is 92.5 Å². The Morgan fingerprint density at radius 1 is 0.392 bits per heavy atom. The molecule has 0 bridgehead atoms. The van der Waals surface area contributed by atoms with Gasteiger partial charge in [-0.05, 0) is 171 Å². The Kier molecular flexibility index (Phi) is 43.8. The van der Waals surface area contributed by atoms with Gasteiger partial charge in [0.05, 0.1) is 6.04 Å². The number of nitrogens with one attached hydrogen (secondary N) is 12. The van der Waals surface area contributed by atoms with Crippen molar-refractivity contribution in [2.45, 2.75) is 251 Å². The molecule has 0 fully saturated rings. The van der Waals surface area contributed by atoms with E-state index >= 15 is 0 Å². The first-order chi connectivity index (χ1) is 47.9. The fourth-order valence-corrected chi connectivity index (χ4v) is 10.8. The molecule has 13 atom stereocenters. The van der Waals surface area contributed by atoms with Crippen LogP contribution in [0.25, 0.3) is 0 Å². The van der Waals surface area contributed by atoms with Crippen molar-refractivity contribution in [2.24, 2.45) is 52.3 Å². The highest BCUT2D eigenvalue weighted by atomic mass is 32.2. The predicted octanol–water partition coefficient (Wildman–Crippen LogP) is -1.97. The fourth-order valence-electron chi connectivity index (χ4n) is 10.4. The molecule has 0 saturated heterocycles. The number of carbonyl (C=O) groups is 14. The second-order valence-electron chi connectivity index (χ2n) is 27.3. The van der Waals surface area contributed by atoms with Crippen LogP contribution in [0.3, 0.4) is 0 Å². The Hall–Kier alpha value is -8.21. The van der Waals surface area contributed by atoms with Crippen molar-refractivity contribution >= 4 is 94.5 Å². The molecule has 0 aliphatic rings. The number of primary amides is 1. The molecular weight excluding hydrogens is 1340 g/mol. The van der Waals surface area contributed by atoms with E-state index in [9.17, 15) is 77.3 Å². The average Bonchev–Trinajstić information content (AvgIpc) is 0.859. The van der Waals surface area contributed by atoms with Crippen LogP contribution >= 0.6 is 11.8 Å². The van der Waals surface area contributed by atoms with Gasteiger partial charge in [-0.15, -0.1) is 0 Å². The summed E-state index contributed by atoms with van der Waals surface area (Å²) in [6.45, 7) is 18.5. The van der Waals surface area contributed by atoms with E-state index in [4.69, 9.17) is 28.7 Å². The smallest absolute Gasteiger partial charge is 0.326 e. The Morgan fingerprint density at radius 3 is 1.14 bits per heavy atom. The van der Waals surface area contributed by atoms with E-state index < -0.39 is 173 Å². The summed E-state index contributed by atoms with van der Waals surface area (Å²) in [5, 5.41) is 51.2. The molecule has 0 aliphatic carbocycles. The number of phenols is 1. The number of unbranched alkanes of at least 4 members (excludes halogenated alkanes) is 3. The second kappa shape index (κ2) is 48.6. The Balaban J connectivity index is 3.53. The molecule has 24 N–H and O–H groups in total. The van der Waals surface area contributed by atoms with E-state index in [1.807, 2.05) is 0 Å². The van der Waals surface area contributed by atoms with Crippen molar-refractivity contribution in [1.82, 2.24) is 63.8 Å². The molecule has 33 nitrogen and oxygen atoms in total. The second-order valence-corrected chi connectivity index (χ2v) is 28.3. The van der Waals surface area contributed by atoms with E-state index in [1.165, 1.54) is 56.8 Å². The van der Waals surface area contributed by atoms with Crippen molar-refractivity contribution < 1.29 is 77.3 Å². The van der Waals surface area contributed by atoms with Gasteiger partial charge in [0.1, 0.15) is 78.3 Å². The molecule has 34 heteroatoms. The lowest BCUT2D eigenvalue weighted by Crippen LogP contribution is -2.61. The number of thioether (sulfide) groups is 1. The lowest BCUT2D eigenvalue weighted by molar-refractivity contribution is -0.143. The molecule has 1 aromatic rings. The van der Waals surface area contributed by atoms with Gasteiger partial charge >= 0.3 is 5.97 Å². The maximum atomic E-state index is 14.7. The summed E-state index contributed by atoms with van der Waals surface area (Å²) in [4.78, 5) is 191. The third-order valence-corrected chi connectivity index (χ3v) is 17.1. The molecule has 0 heterocycles. The predicted molar refractivity (Wildman–Crippen MR) is 386 cm³/mol. The third kappa shape index (κ3) is 35.6. The number of aromatic hydroxyl groups is 1. The number of rotatable bonds is 51. The highest BCUT2D eigenvalue weighted by Gasteiger charge is 2.37. The van der Waals surface area contributed by atoms with E-state index in [2.05, 4.69) is 63.8 Å². The lowest BCUT2D eigenvalue weighted by atomic mass is 9.99. The van der Waals surface area contributed by atoms with Crippen LogP contribution in [0.15, 0.2) is 24.3 Å². The van der Waals surface area contributed by atoms with Gasteiger partial charge in [-0.2, -0.15) is 11.8 Å². The number of carboxylic acid groups (broad SMARTS) is 1. The number of carbonyl (C=O) groups excluding carboxylic acids is 13. The van der Waals surface area contributed by atoms with E-state index in [0.717, 1.165) is 0 Å². The van der Waals surface area contributed by atoms with Gasteiger partial charge in [-0.3, -0.25) is 62.3 Å². The fraction of sp³-hybridized carbons (Fsp3) is 0.706. The third-order valence-electron chi connectivity index (χ3n) is 16.4. The molecule has 13 amide bonds. The van der Waals surface area contributed by atoms with Gasteiger partial charge in [-0.1, -0.05) is 73.9 Å². The Bertz CT molecular complexity index is 2890. The van der Waals surface area contributed by atoms with Crippen LogP contribution in [0, 0.1) is 23.7 Å². The molecule has 1 aromatic carbocycles. The van der Waals surface area contributed by atoms with E-state index in [-0.39, 0.29) is 88.5 Å². The van der Waals surface area contributed by atoms with Crippen LogP contribution in [0.2, 0.25) is 0 Å². The van der Waals surface area contributed by atoms with Crippen LogP contribution in [0.5, 0.6) is 5.75 Å². The number of amides is 13. The zero-order chi connectivity index (χ0) is 77.5. The van der Waals surface area contributed by atoms with Gasteiger partial charge in [0.25, 0.3) is 0 Å². The summed E-state index contributed by atoms with van der Waals surface area (Å²) in [5.74, 6) is -12.7. The summed E-state index contributed by atoms with van der Waals surface area (Å²) >= 11 is 1.36. The highest BCUT2D eigenvalue weighted by Crippen LogP contribution is 2.16. The molecule has 0 saturated carbocycles. The lowest BCUT2D eigenvalue weighted by Gasteiger charge is -2.29. The molecule has 102 heavy (non-hydrogen) atoms. The molecule has 578 valence electrons. The molecule has 0 aliphatic heterocycles. The zero-order valence-electron chi connectivity index (χ0n) is 61.5. The molecular formula is C68H119N17O16S. The van der Waals surface area contributed by atoms with Crippen molar-refractivity contribution in [3.63, 3.8) is 0 Å². The number of hydrogen-bond acceptors (Lipinski definition) is 20. The average molecular weight is 1460 g/mol. The summed E-state index contributed by atoms with van der Waals surface area (Å²) in [5.41, 5.74) is 29.2. The van der Waals surface area contributed by atoms with Gasteiger partial charge < -0.3 is 103 Å². The van der Waals surface area contributed by atoms with Crippen LogP contribution in [0.4, 0.5) is 0 Å². The first-order valence-corrected chi connectivity index (χ1v) is 36.6. The van der Waals surface area contributed by atoms with Gasteiger partial charge in [-0.25, -0.2) is 4.79 Å². The minimum atomic E-state index is -1.46. The molecule has 0 unspecified atom stereocenters. The van der Waals surface area contributed by atoms with Crippen molar-refractivity contribution in [1.29, 1.82) is 0 Å². The molecule has 0 spiro atoms. The monoisotopic (exact) mass is 1460 g/mol. The maximum Gasteiger partial charge on any atom is 0.326 e. The SMILES string of the molecule is CSCC[C@H](NC(=O)[C@H](CCC(N)=O)NC(=O)[C@@H](N)CCCCN)C(=O)N[C@@H](C)C(=O)N[C@H](C(=O)N[C@@H](CCCCN)C(=O)N[C@@H](CCCCN)C(=O)N[C@@H](Cc1ccc(O)cc1)C(=O)N[C@@H](CC(C)C)C(=O)N[C@@H](C)C(=O)N[C@@H](C)C(=O)N[C@H](C(=O)N[C@@H](CC(C)C)C(=O)O)C(C)C)C(C)C. The van der Waals surface area contributed by atoms with Gasteiger partial charge in [0.2, 0.25) is 76.8 Å². The molecule has 0 aromatic heterocycles. The number of nitrogens with two attached hydrogens (primary N) is 5. The van der Waals surface area contributed by atoms with Crippen LogP contribution in [-0.2, 0) is 73.5 Å². The number of hydrogen-bond donors (Lipinski definition) is 19. The van der Waals surface area contributed by atoms with E-state index in [1.54, 1.807) is 61.6 Å². The van der Waals surface area contributed by atoms with Crippen LogP contribution in [-0.4, -0.2) is 203 Å². The number of benzene rings is 1. The van der Waals surface area contributed by atoms with E-state index in [0.29, 0.717) is 56.4 Å². The Labute approximate surface area is 603 Å². The summed E-state index contributed by atoms with van der Waals surface area (Å²) < 4.78 is 0. The molecule has 1 rings (SSSR count). The minimum Gasteiger partial charge on any atom is -0.508 e. The quantitative estimate of drug-likeness (QED) is 0.0315. The largest absolute Gasteiger partial charge is 0.508 e. The first kappa shape index (κ1) is 91.8. The minimum absolute atomic E-state index is 0.00422. The maximum absolute atomic E-state index is 14.7. The number of aliphatic carboxylic acids is 1. The first-order valence-electron chi connectivity index (χ1n) is 35.2. The van der Waals surface area contributed by atoms with Crippen LogP contribution in [0.1, 0.15) is 172 Å². The van der Waals surface area contributed by atoms with Crippen molar-refractivity contribution in [2.75, 3.05) is 31.6 Å². The highest BCUT2D eigenvalue weighted by molar-refractivity contribution is 7.98. The topological polar surface area (TPSA) is 554 Å². The number of phenolic OH excluding ortho intramolecular Hbond substituents is 1. The molecule has 0 radical (unpaired) electrons. The summed E-state index contributed by atoms with van der Waals surface area (Å²) in [6.07, 6.45) is 4.15. The van der Waals surface area contributed by atoms with Crippen molar-refractivity contribution in [3.05, 3.63) is 29.8 Å². The van der Waals surface area contributed by atoms with Gasteiger partial charge in [0, 0.05) is 12.8 Å². The number of carboxylic acids is 1. The Morgan fingerprint density at radius 2 is 0.725 bits per heavy atom. The zero-order valence-corrected chi connectivity index (χ0v) is 62.3. The van der Waals surface area contributed by atoms with Gasteiger partial charge in [0.15, 0.2) is 0 Å². The summed E-state index contributed by atoms with van der Waals surface area (Å²) in [6, 6.07) is -10.9. The standard InChI is InChI=1S/C68H119N17O16S/c1-36(2)33-50(64(96)76-40(9)56(88)74-41(10)57(89)85-55(39(7)8)67(99)83-52(68(100)101)34-37(3)4)81-65(97)51(35-43-22-24-44(86)25-23-43)82-62(94)46(20-14-17-30-70)78-61(93)47(21-15-18-31-71)80-66(98)54(38(5)6)84-58(90)42(11)75-60(92)49(28-32-102-12)79-63(95)48(26-27-53(73)87)77-59(91)45(72)19-13-16-29-69/h22-25,36-42,45-52,54-55,86H,13-21,26-35,69-72H2,1-12H3,(H2,73,87)(H,74,88)(H,75,92)(H,76,96)(H,77,91)(H,78,93)(H,79,95)(H,80,98)(H,81,97)(H,82,94)(H,83,99)(H,84,90)(H,85,89)(H,100,101)/t40-,41-,42-,45-,46-,47-,48-,49-,50-,51-,52-,54-,55-/m0/s1. The normalized spacial score (nSPS) is 15.2.